The molecule has 0 aliphatic carbocycles. The molecule has 25 heavy (non-hydrogen) atoms. The van der Waals surface area contributed by atoms with Crippen molar-refractivity contribution in [3.05, 3.63) is 35.5 Å². The maximum atomic E-state index is 13.0. The van der Waals surface area contributed by atoms with E-state index in [0.29, 0.717) is 19.4 Å². The number of hydrogen-bond donors (Lipinski definition) is 2. The molecule has 134 valence electrons. The van der Waals surface area contributed by atoms with Crippen LogP contribution in [0.4, 0.5) is 9.52 Å². The van der Waals surface area contributed by atoms with Crippen molar-refractivity contribution in [1.82, 2.24) is 4.98 Å². The van der Waals surface area contributed by atoms with E-state index in [0.717, 1.165) is 22.8 Å². The van der Waals surface area contributed by atoms with Gasteiger partial charge in [-0.1, -0.05) is 13.3 Å². The van der Waals surface area contributed by atoms with Crippen LogP contribution in [0.5, 0.6) is 0 Å². The summed E-state index contributed by atoms with van der Waals surface area (Å²) in [7, 11) is 0. The zero-order valence-corrected chi connectivity index (χ0v) is 14.8. The van der Waals surface area contributed by atoms with Gasteiger partial charge in [0.25, 0.3) is 0 Å². The fraction of sp³-hybridized carbons (Fsp3) is 0.444. The Bertz CT molecular complexity index is 749. The number of carboxylic acid groups (broad SMARTS) is 1. The smallest absolute Gasteiger partial charge is 0.312 e. The van der Waals surface area contributed by atoms with Gasteiger partial charge < -0.3 is 15.1 Å². The van der Waals surface area contributed by atoms with Gasteiger partial charge in [0, 0.05) is 24.0 Å². The monoisotopic (exact) mass is 364 g/mol. The number of aromatic nitrogens is 1. The minimum absolute atomic E-state index is 0.253. The van der Waals surface area contributed by atoms with E-state index in [1.165, 1.54) is 23.5 Å². The van der Waals surface area contributed by atoms with Crippen LogP contribution in [0.15, 0.2) is 29.6 Å². The molecule has 2 aromatic rings. The average molecular weight is 364 g/mol. The first-order chi connectivity index (χ1) is 12.0. The number of rotatable bonds is 5. The Morgan fingerprint density at radius 3 is 2.76 bits per heavy atom. The molecule has 5 nitrogen and oxygen atoms in total. The van der Waals surface area contributed by atoms with Crippen molar-refractivity contribution >= 4 is 22.4 Å². The molecule has 0 radical (unpaired) electrons. The lowest BCUT2D eigenvalue weighted by Crippen LogP contribution is -2.54. The molecule has 0 saturated carbocycles. The second-order valence-corrected chi connectivity index (χ2v) is 7.28. The van der Waals surface area contributed by atoms with Crippen LogP contribution in [0.2, 0.25) is 0 Å². The van der Waals surface area contributed by atoms with E-state index in [9.17, 15) is 19.4 Å². The Hall–Kier alpha value is -1.99. The van der Waals surface area contributed by atoms with Gasteiger partial charge in [-0.2, -0.15) is 0 Å². The predicted molar refractivity (Wildman–Crippen MR) is 95.3 cm³/mol. The zero-order valence-electron chi connectivity index (χ0n) is 14.0. The Balaban J connectivity index is 1.76. The molecule has 2 N–H and O–H groups in total. The number of piperidine rings is 1. The van der Waals surface area contributed by atoms with Crippen LogP contribution < -0.4 is 4.90 Å². The number of benzene rings is 1. The maximum absolute atomic E-state index is 13.0. The van der Waals surface area contributed by atoms with Crippen LogP contribution in [0, 0.1) is 11.2 Å². The summed E-state index contributed by atoms with van der Waals surface area (Å²) in [5.74, 6) is -1.22. The average Bonchev–Trinajstić information content (AvgIpc) is 3.07. The molecule has 1 aromatic carbocycles. The number of carbonyl (C=O) groups is 1. The minimum atomic E-state index is -1.07. The van der Waals surface area contributed by atoms with Gasteiger partial charge in [-0.25, -0.2) is 9.37 Å². The molecule has 1 aromatic heterocycles. The third kappa shape index (κ3) is 3.39. The number of thiazole rings is 1. The maximum Gasteiger partial charge on any atom is 0.312 e. The van der Waals surface area contributed by atoms with Gasteiger partial charge >= 0.3 is 5.97 Å². The number of anilines is 1. The lowest BCUT2D eigenvalue weighted by Gasteiger charge is -2.42. The Labute approximate surface area is 149 Å². The second-order valence-electron chi connectivity index (χ2n) is 6.45. The van der Waals surface area contributed by atoms with Crippen molar-refractivity contribution in [2.45, 2.75) is 32.3 Å². The highest BCUT2D eigenvalue weighted by molar-refractivity contribution is 7.14. The number of nitrogens with zero attached hydrogens (tertiary/aromatic N) is 2. The first-order valence-electron chi connectivity index (χ1n) is 8.34. The Kier molecular flexibility index (Phi) is 5.06. The largest absolute Gasteiger partial charge is 0.481 e. The second kappa shape index (κ2) is 7.09. The standard InChI is InChI=1S/C18H21FN2O3S/c1-2-7-18(16(23)24)8-9-21(10-15(18)22)17-20-14(11-25-17)12-3-5-13(19)6-4-12/h3-6,11,15,22H,2,7-10H2,1H3,(H,23,24)/t15-,18-/m0/s1. The van der Waals surface area contributed by atoms with E-state index in [1.807, 2.05) is 17.2 Å². The van der Waals surface area contributed by atoms with Crippen LogP contribution in [0.25, 0.3) is 11.3 Å². The molecule has 3 rings (SSSR count). The Morgan fingerprint density at radius 2 is 2.16 bits per heavy atom. The molecule has 0 spiro atoms. The highest BCUT2D eigenvalue weighted by Crippen LogP contribution is 2.39. The van der Waals surface area contributed by atoms with Gasteiger partial charge in [-0.3, -0.25) is 4.79 Å². The first kappa shape index (κ1) is 17.8. The minimum Gasteiger partial charge on any atom is -0.481 e. The molecular formula is C18H21FN2O3S. The summed E-state index contributed by atoms with van der Waals surface area (Å²) in [5.41, 5.74) is 0.507. The summed E-state index contributed by atoms with van der Waals surface area (Å²) in [6.45, 7) is 2.72. The molecular weight excluding hydrogens is 343 g/mol. The van der Waals surface area contributed by atoms with E-state index in [1.54, 1.807) is 12.1 Å². The molecule has 0 amide bonds. The van der Waals surface area contributed by atoms with Crippen LogP contribution >= 0.6 is 11.3 Å². The van der Waals surface area contributed by atoms with Crippen LogP contribution in [-0.2, 0) is 4.79 Å². The van der Waals surface area contributed by atoms with Gasteiger partial charge in [-0.15, -0.1) is 11.3 Å². The fourth-order valence-corrected chi connectivity index (χ4v) is 4.28. The number of aliphatic hydroxyl groups excluding tert-OH is 1. The number of hydrogen-bond acceptors (Lipinski definition) is 5. The first-order valence-corrected chi connectivity index (χ1v) is 9.22. The summed E-state index contributed by atoms with van der Waals surface area (Å²) >= 11 is 1.44. The summed E-state index contributed by atoms with van der Waals surface area (Å²) in [6.07, 6.45) is 0.644. The third-order valence-corrected chi connectivity index (χ3v) is 5.79. The van der Waals surface area contributed by atoms with E-state index in [4.69, 9.17) is 0 Å². The highest BCUT2D eigenvalue weighted by atomic mass is 32.1. The van der Waals surface area contributed by atoms with Crippen molar-refractivity contribution < 1.29 is 19.4 Å². The third-order valence-electron chi connectivity index (χ3n) is 4.88. The molecule has 2 atom stereocenters. The summed E-state index contributed by atoms with van der Waals surface area (Å²) in [6, 6.07) is 6.14. The number of aliphatic carboxylic acids is 1. The molecule has 1 saturated heterocycles. The van der Waals surface area contributed by atoms with Crippen molar-refractivity contribution in [2.24, 2.45) is 5.41 Å². The predicted octanol–water partition coefficient (Wildman–Crippen LogP) is 3.39. The summed E-state index contributed by atoms with van der Waals surface area (Å²) < 4.78 is 13.0. The van der Waals surface area contributed by atoms with Crippen LogP contribution in [-0.4, -0.2) is 40.4 Å². The molecule has 1 aliphatic rings. The summed E-state index contributed by atoms with van der Waals surface area (Å²) in [4.78, 5) is 18.2. The number of carboxylic acids is 1. The SMILES string of the molecule is CCC[C@]1(C(=O)O)CCN(c2nc(-c3ccc(F)cc3)cs2)C[C@@H]1O. The van der Waals surface area contributed by atoms with Gasteiger partial charge in [0.1, 0.15) is 5.82 Å². The van der Waals surface area contributed by atoms with Crippen LogP contribution in [0.1, 0.15) is 26.2 Å². The van der Waals surface area contributed by atoms with Gasteiger partial charge in [0.2, 0.25) is 0 Å². The van der Waals surface area contributed by atoms with Gasteiger partial charge in [0.05, 0.1) is 17.2 Å². The molecule has 0 unspecified atom stereocenters. The fourth-order valence-electron chi connectivity index (χ4n) is 3.41. The number of β-amino-alcohol motifs (C(OH)–C–C–N with tert-alkyl or cyclic N) is 1. The van der Waals surface area contributed by atoms with Crippen molar-refractivity contribution in [1.29, 1.82) is 0 Å². The lowest BCUT2D eigenvalue weighted by molar-refractivity contribution is -0.159. The number of halogens is 1. The molecule has 0 bridgehead atoms. The Morgan fingerprint density at radius 1 is 1.44 bits per heavy atom. The molecule has 2 heterocycles. The van der Waals surface area contributed by atoms with E-state index < -0.39 is 17.5 Å². The highest BCUT2D eigenvalue weighted by Gasteiger charge is 2.48. The van der Waals surface area contributed by atoms with Crippen molar-refractivity contribution in [3.63, 3.8) is 0 Å². The van der Waals surface area contributed by atoms with Crippen molar-refractivity contribution in [2.75, 3.05) is 18.0 Å². The number of aliphatic hydroxyl groups is 1. The molecule has 1 fully saturated rings. The molecule has 7 heteroatoms. The molecule has 1 aliphatic heterocycles. The topological polar surface area (TPSA) is 73.7 Å². The van der Waals surface area contributed by atoms with E-state index in [-0.39, 0.29) is 12.4 Å². The van der Waals surface area contributed by atoms with Gasteiger partial charge in [0.15, 0.2) is 5.13 Å². The summed E-state index contributed by atoms with van der Waals surface area (Å²) in [5, 5.41) is 22.8. The normalized spacial score (nSPS) is 23.6. The lowest BCUT2D eigenvalue weighted by atomic mass is 9.73. The van der Waals surface area contributed by atoms with Crippen LogP contribution in [0.3, 0.4) is 0 Å². The van der Waals surface area contributed by atoms with Crippen molar-refractivity contribution in [3.8, 4) is 11.3 Å². The quantitative estimate of drug-likeness (QED) is 0.851. The zero-order chi connectivity index (χ0) is 18.0. The van der Waals surface area contributed by atoms with E-state index in [2.05, 4.69) is 4.98 Å². The van der Waals surface area contributed by atoms with E-state index >= 15 is 0 Å². The van der Waals surface area contributed by atoms with Gasteiger partial charge in [-0.05, 0) is 37.1 Å².